The lowest BCUT2D eigenvalue weighted by Crippen LogP contribution is -2.42. The summed E-state index contributed by atoms with van der Waals surface area (Å²) in [6.07, 6.45) is -4.01. The van der Waals surface area contributed by atoms with Crippen LogP contribution in [0.3, 0.4) is 0 Å². The molecule has 0 saturated carbocycles. The lowest BCUT2D eigenvalue weighted by atomic mass is 9.97. The molecule has 1 heterocycles. The van der Waals surface area contributed by atoms with Gasteiger partial charge in [-0.15, -0.1) is 0 Å². The Morgan fingerprint density at radius 2 is 1.81 bits per heavy atom. The van der Waals surface area contributed by atoms with Gasteiger partial charge in [0, 0.05) is 19.0 Å². The molecule has 1 fully saturated rings. The first kappa shape index (κ1) is 23.6. The monoisotopic (exact) mass is 474 g/mol. The van der Waals surface area contributed by atoms with Crippen LogP contribution in [0.5, 0.6) is 0 Å². The maximum Gasteiger partial charge on any atom is 0.416 e. The van der Waals surface area contributed by atoms with E-state index < -0.39 is 33.6 Å². The predicted molar refractivity (Wildman–Crippen MR) is 113 cm³/mol. The van der Waals surface area contributed by atoms with Gasteiger partial charge in [0.05, 0.1) is 22.0 Å². The molecule has 5 nitrogen and oxygen atoms in total. The average Bonchev–Trinajstić information content (AvgIpc) is 2.70. The summed E-state index contributed by atoms with van der Waals surface area (Å²) in [5.74, 6) is -1.11. The van der Waals surface area contributed by atoms with Gasteiger partial charge >= 0.3 is 6.18 Å². The van der Waals surface area contributed by atoms with Gasteiger partial charge in [0.1, 0.15) is 0 Å². The van der Waals surface area contributed by atoms with Gasteiger partial charge in [-0.05, 0) is 49.1 Å². The van der Waals surface area contributed by atoms with Gasteiger partial charge in [0.15, 0.2) is 0 Å². The number of alkyl halides is 3. The van der Waals surface area contributed by atoms with Gasteiger partial charge in [-0.3, -0.25) is 4.79 Å². The van der Waals surface area contributed by atoms with Gasteiger partial charge in [-0.2, -0.15) is 13.2 Å². The van der Waals surface area contributed by atoms with Gasteiger partial charge in [0.25, 0.3) is 0 Å². The fraction of sp³-hybridized carbons (Fsp3) is 0.381. The highest BCUT2D eigenvalue weighted by atomic mass is 35.5. The summed E-state index contributed by atoms with van der Waals surface area (Å²) in [7, 11) is -3.54. The minimum atomic E-state index is -4.55. The first-order valence-electron chi connectivity index (χ1n) is 9.67. The minimum Gasteiger partial charge on any atom is -0.325 e. The van der Waals surface area contributed by atoms with E-state index in [0.717, 1.165) is 29.3 Å². The predicted octanol–water partition coefficient (Wildman–Crippen LogP) is 4.85. The van der Waals surface area contributed by atoms with Crippen LogP contribution in [0.1, 0.15) is 29.5 Å². The zero-order chi connectivity index (χ0) is 22.8. The first-order valence-corrected chi connectivity index (χ1v) is 11.7. The Morgan fingerprint density at radius 3 is 2.42 bits per heavy atom. The molecule has 0 radical (unpaired) electrons. The van der Waals surface area contributed by atoms with Crippen LogP contribution in [0.15, 0.2) is 42.5 Å². The van der Waals surface area contributed by atoms with Crippen molar-refractivity contribution < 1.29 is 26.4 Å². The molecule has 1 amide bonds. The topological polar surface area (TPSA) is 66.5 Å². The highest BCUT2D eigenvalue weighted by molar-refractivity contribution is 7.88. The van der Waals surface area contributed by atoms with E-state index in [-0.39, 0.29) is 42.4 Å². The number of aryl methyl sites for hydroxylation is 1. The molecule has 3 rings (SSSR count). The Balaban J connectivity index is 1.62. The summed E-state index contributed by atoms with van der Waals surface area (Å²) in [4.78, 5) is 12.6. The highest BCUT2D eigenvalue weighted by Gasteiger charge is 2.33. The molecule has 0 spiro atoms. The van der Waals surface area contributed by atoms with Gasteiger partial charge in [-0.25, -0.2) is 12.7 Å². The van der Waals surface area contributed by atoms with E-state index in [1.165, 1.54) is 4.31 Å². The Hall–Kier alpha value is -2.10. The zero-order valence-electron chi connectivity index (χ0n) is 16.7. The third-order valence-corrected chi connectivity index (χ3v) is 7.53. The fourth-order valence-electron chi connectivity index (χ4n) is 3.49. The van der Waals surface area contributed by atoms with Crippen molar-refractivity contribution in [2.45, 2.75) is 31.7 Å². The van der Waals surface area contributed by atoms with Gasteiger partial charge in [-0.1, -0.05) is 35.9 Å². The Kier molecular flexibility index (Phi) is 6.98. The van der Waals surface area contributed by atoms with E-state index in [9.17, 15) is 26.4 Å². The zero-order valence-corrected chi connectivity index (χ0v) is 18.3. The SMILES string of the molecule is Cc1ccccc1CS(=O)(=O)N1CCC(C(=O)Nc2cc(C(F)(F)F)ccc2Cl)CC1. The van der Waals surface area contributed by atoms with E-state index in [0.29, 0.717) is 0 Å². The molecule has 10 heteroatoms. The number of benzene rings is 2. The molecule has 0 unspecified atom stereocenters. The molecule has 0 aromatic heterocycles. The molecule has 0 bridgehead atoms. The fourth-order valence-corrected chi connectivity index (χ4v) is 5.32. The average molecular weight is 475 g/mol. The molecule has 2 aromatic carbocycles. The number of piperidine rings is 1. The standard InChI is InChI=1S/C21H22ClF3N2O3S/c1-14-4-2-3-5-16(14)13-31(29,30)27-10-8-15(9-11-27)20(28)26-19-12-17(21(23,24)25)6-7-18(19)22/h2-7,12,15H,8-11,13H2,1H3,(H,26,28). The molecule has 2 aromatic rings. The van der Waals surface area contributed by atoms with Crippen molar-refractivity contribution in [2.24, 2.45) is 5.92 Å². The number of rotatable bonds is 5. The Bertz CT molecular complexity index is 1070. The molecular formula is C21H22ClF3N2O3S. The summed E-state index contributed by atoms with van der Waals surface area (Å²) in [6.45, 7) is 2.19. The highest BCUT2D eigenvalue weighted by Crippen LogP contribution is 2.34. The second-order valence-corrected chi connectivity index (χ2v) is 9.91. The molecule has 1 aliphatic rings. The quantitative estimate of drug-likeness (QED) is 0.673. The maximum absolute atomic E-state index is 12.9. The number of hydrogen-bond donors (Lipinski definition) is 1. The van der Waals surface area contributed by atoms with Crippen LogP contribution < -0.4 is 5.32 Å². The summed E-state index contributed by atoms with van der Waals surface area (Å²) in [6, 6.07) is 9.96. The van der Waals surface area contributed by atoms with E-state index in [1.807, 2.05) is 19.1 Å². The Labute approximate surface area is 184 Å². The molecule has 0 aliphatic carbocycles. The number of halogens is 4. The number of hydrogen-bond acceptors (Lipinski definition) is 3. The number of carbonyl (C=O) groups is 1. The number of carbonyl (C=O) groups excluding carboxylic acids is 1. The van der Waals surface area contributed by atoms with Gasteiger partial charge in [0.2, 0.25) is 15.9 Å². The van der Waals surface area contributed by atoms with Crippen LogP contribution in [-0.4, -0.2) is 31.7 Å². The van der Waals surface area contributed by atoms with Crippen LogP contribution in [-0.2, 0) is 26.7 Å². The lowest BCUT2D eigenvalue weighted by Gasteiger charge is -2.30. The van der Waals surface area contributed by atoms with E-state index >= 15 is 0 Å². The smallest absolute Gasteiger partial charge is 0.325 e. The molecule has 168 valence electrons. The van der Waals surface area contributed by atoms with E-state index in [1.54, 1.807) is 12.1 Å². The third kappa shape index (κ3) is 5.78. The second-order valence-electron chi connectivity index (χ2n) is 7.54. The van der Waals surface area contributed by atoms with Crippen LogP contribution in [0, 0.1) is 12.8 Å². The lowest BCUT2D eigenvalue weighted by molar-refractivity contribution is -0.137. The van der Waals surface area contributed by atoms with E-state index in [4.69, 9.17) is 11.6 Å². The number of anilines is 1. The summed E-state index contributed by atoms with van der Waals surface area (Å²) in [5.41, 5.74) is 0.584. The van der Waals surface area contributed by atoms with Crippen LogP contribution in [0.4, 0.5) is 18.9 Å². The number of amides is 1. The molecule has 31 heavy (non-hydrogen) atoms. The van der Waals surface area contributed by atoms with Crippen LogP contribution in [0.25, 0.3) is 0 Å². The van der Waals surface area contributed by atoms with Crippen molar-refractivity contribution >= 4 is 33.2 Å². The van der Waals surface area contributed by atoms with Crippen LogP contribution in [0.2, 0.25) is 5.02 Å². The Morgan fingerprint density at radius 1 is 1.16 bits per heavy atom. The third-order valence-electron chi connectivity index (χ3n) is 5.37. The van der Waals surface area contributed by atoms with Crippen molar-refractivity contribution in [3.05, 3.63) is 64.2 Å². The summed E-state index contributed by atoms with van der Waals surface area (Å²) in [5, 5.41) is 2.45. The summed E-state index contributed by atoms with van der Waals surface area (Å²) < 4.78 is 65.6. The molecular weight excluding hydrogens is 453 g/mol. The van der Waals surface area contributed by atoms with Crippen molar-refractivity contribution in [3.63, 3.8) is 0 Å². The normalized spacial score (nSPS) is 16.3. The second kappa shape index (κ2) is 9.18. The van der Waals surface area contributed by atoms with Gasteiger partial charge < -0.3 is 5.32 Å². The molecule has 1 aliphatic heterocycles. The van der Waals surface area contributed by atoms with Crippen molar-refractivity contribution in [1.82, 2.24) is 4.31 Å². The number of sulfonamides is 1. The van der Waals surface area contributed by atoms with Crippen LogP contribution >= 0.6 is 11.6 Å². The largest absolute Gasteiger partial charge is 0.416 e. The van der Waals surface area contributed by atoms with Crippen molar-refractivity contribution in [3.8, 4) is 0 Å². The minimum absolute atomic E-state index is 0.000375. The first-order chi connectivity index (χ1) is 14.5. The summed E-state index contributed by atoms with van der Waals surface area (Å²) >= 11 is 5.93. The molecule has 1 N–H and O–H groups in total. The maximum atomic E-state index is 12.9. The molecule has 1 saturated heterocycles. The number of nitrogens with one attached hydrogen (secondary N) is 1. The number of nitrogens with zero attached hydrogens (tertiary/aromatic N) is 1. The van der Waals surface area contributed by atoms with E-state index in [2.05, 4.69) is 5.32 Å². The van der Waals surface area contributed by atoms with Crippen molar-refractivity contribution in [1.29, 1.82) is 0 Å². The van der Waals surface area contributed by atoms with Crippen molar-refractivity contribution in [2.75, 3.05) is 18.4 Å². The molecule has 0 atom stereocenters.